The first kappa shape index (κ1) is 23.1. The Balaban J connectivity index is 1.45. The van der Waals surface area contributed by atoms with Crippen LogP contribution in [-0.2, 0) is 14.8 Å². The number of aliphatic hydroxyl groups excluding tert-OH is 1. The van der Waals surface area contributed by atoms with Crippen molar-refractivity contribution in [1.82, 2.24) is 9.21 Å². The van der Waals surface area contributed by atoms with Crippen LogP contribution in [-0.4, -0.2) is 68.2 Å². The number of β-amino-alcohol motifs (C(OH)–C–C–N with tert-alkyl or cyclic N) is 1. The van der Waals surface area contributed by atoms with Crippen molar-refractivity contribution in [3.8, 4) is 0 Å². The van der Waals surface area contributed by atoms with E-state index in [9.17, 15) is 17.9 Å². The number of ether oxygens (including phenoxy) is 1. The lowest BCUT2D eigenvalue weighted by Crippen LogP contribution is -2.50. The van der Waals surface area contributed by atoms with Crippen molar-refractivity contribution < 1.29 is 22.7 Å². The fourth-order valence-corrected chi connectivity index (χ4v) is 4.95. The van der Waals surface area contributed by atoms with Crippen LogP contribution in [0.15, 0.2) is 53.4 Å². The molecule has 1 fully saturated rings. The van der Waals surface area contributed by atoms with E-state index in [0.717, 1.165) is 11.6 Å². The summed E-state index contributed by atoms with van der Waals surface area (Å²) in [5.41, 5.74) is 0.975. The highest BCUT2D eigenvalue weighted by Gasteiger charge is 2.29. The summed E-state index contributed by atoms with van der Waals surface area (Å²) in [6.45, 7) is 4.01. The van der Waals surface area contributed by atoms with Gasteiger partial charge in [-0.05, 0) is 42.8 Å². The smallest absolute Gasteiger partial charge is 0.243 e. The van der Waals surface area contributed by atoms with E-state index < -0.39 is 21.9 Å². The molecule has 3 rings (SSSR count). The minimum Gasteiger partial charge on any atom is -0.389 e. The third-order valence-electron chi connectivity index (χ3n) is 5.11. The van der Waals surface area contributed by atoms with Crippen molar-refractivity contribution in [1.29, 1.82) is 0 Å². The Hall–Kier alpha value is -1.55. The number of hydrogen-bond acceptors (Lipinski definition) is 5. The summed E-state index contributed by atoms with van der Waals surface area (Å²) in [6, 6.07) is 12.4. The van der Waals surface area contributed by atoms with Crippen molar-refractivity contribution in [2.45, 2.75) is 24.0 Å². The topological polar surface area (TPSA) is 70.1 Å². The fourth-order valence-electron chi connectivity index (χ4n) is 3.37. The number of benzene rings is 2. The lowest BCUT2D eigenvalue weighted by atomic mass is 10.1. The molecule has 30 heavy (non-hydrogen) atoms. The molecule has 2 aromatic carbocycles. The first-order valence-electron chi connectivity index (χ1n) is 9.79. The molecule has 0 radical (unpaired) electrons. The van der Waals surface area contributed by atoms with Gasteiger partial charge in [0.2, 0.25) is 10.0 Å². The average Bonchev–Trinajstić information content (AvgIpc) is 2.73. The summed E-state index contributed by atoms with van der Waals surface area (Å²) >= 11 is 5.89. The van der Waals surface area contributed by atoms with Crippen LogP contribution in [0.5, 0.6) is 0 Å². The molecular formula is C21H26ClFN2O4S. The van der Waals surface area contributed by atoms with Crippen LogP contribution in [0.2, 0.25) is 5.02 Å². The molecule has 1 aliphatic heterocycles. The predicted molar refractivity (Wildman–Crippen MR) is 113 cm³/mol. The van der Waals surface area contributed by atoms with Crippen LogP contribution in [0.1, 0.15) is 18.6 Å². The first-order chi connectivity index (χ1) is 14.3. The maximum Gasteiger partial charge on any atom is 0.243 e. The zero-order valence-corrected chi connectivity index (χ0v) is 18.3. The van der Waals surface area contributed by atoms with Gasteiger partial charge in [0.05, 0.1) is 23.7 Å². The molecule has 0 spiro atoms. The maximum atomic E-state index is 13.4. The molecule has 164 valence electrons. The van der Waals surface area contributed by atoms with E-state index in [1.807, 2.05) is 24.0 Å². The second kappa shape index (κ2) is 10.2. The van der Waals surface area contributed by atoms with Crippen molar-refractivity contribution in [3.05, 3.63) is 64.9 Å². The van der Waals surface area contributed by atoms with Crippen LogP contribution in [0.3, 0.4) is 0 Å². The van der Waals surface area contributed by atoms with Gasteiger partial charge in [0.15, 0.2) is 0 Å². The number of sulfonamides is 1. The Bertz CT molecular complexity index is 934. The third-order valence-corrected chi connectivity index (χ3v) is 7.26. The molecule has 1 heterocycles. The summed E-state index contributed by atoms with van der Waals surface area (Å²) < 4.78 is 45.8. The van der Waals surface area contributed by atoms with Gasteiger partial charge in [0, 0.05) is 37.7 Å². The molecule has 1 aliphatic rings. The molecular weight excluding hydrogens is 431 g/mol. The Morgan fingerprint density at radius 2 is 1.80 bits per heavy atom. The van der Waals surface area contributed by atoms with Gasteiger partial charge in [0.25, 0.3) is 0 Å². The number of nitrogens with zero attached hydrogens (tertiary/aromatic N) is 2. The van der Waals surface area contributed by atoms with E-state index in [2.05, 4.69) is 0 Å². The maximum absolute atomic E-state index is 13.4. The van der Waals surface area contributed by atoms with Crippen LogP contribution >= 0.6 is 11.6 Å². The van der Waals surface area contributed by atoms with E-state index in [-0.39, 0.29) is 30.7 Å². The SMILES string of the molecule is C[C@@H](OC[C@@H](O)CN1CCN(S(=O)(=O)c2cccc(F)c2)CC1)c1ccc(Cl)cc1. The number of aliphatic hydroxyl groups is 1. The average molecular weight is 457 g/mol. The molecule has 2 aromatic rings. The van der Waals surface area contributed by atoms with E-state index >= 15 is 0 Å². The zero-order valence-electron chi connectivity index (χ0n) is 16.7. The van der Waals surface area contributed by atoms with Gasteiger partial charge in [-0.25, -0.2) is 12.8 Å². The summed E-state index contributed by atoms with van der Waals surface area (Å²) in [5.74, 6) is -0.578. The molecule has 0 bridgehead atoms. The second-order valence-electron chi connectivity index (χ2n) is 7.34. The molecule has 0 amide bonds. The van der Waals surface area contributed by atoms with Crippen molar-refractivity contribution in [2.75, 3.05) is 39.3 Å². The Labute approximate surface area is 181 Å². The monoisotopic (exact) mass is 456 g/mol. The van der Waals surface area contributed by atoms with Crippen molar-refractivity contribution >= 4 is 21.6 Å². The summed E-state index contributed by atoms with van der Waals surface area (Å²) in [6.07, 6.45) is -0.865. The number of rotatable bonds is 8. The van der Waals surface area contributed by atoms with E-state index in [1.54, 1.807) is 12.1 Å². The van der Waals surface area contributed by atoms with E-state index in [1.165, 1.54) is 22.5 Å². The van der Waals surface area contributed by atoms with Gasteiger partial charge in [-0.3, -0.25) is 4.90 Å². The standard InChI is InChI=1S/C21H26ClFN2O4S/c1-16(17-5-7-18(22)8-6-17)29-15-20(26)14-24-9-11-25(12-10-24)30(27,28)21-4-2-3-19(23)13-21/h2-8,13,16,20,26H,9-12,14-15H2,1H3/t16-,20+/m1/s1. The Morgan fingerprint density at radius 3 is 2.43 bits per heavy atom. The number of halogens is 2. The Morgan fingerprint density at radius 1 is 1.13 bits per heavy atom. The summed E-state index contributed by atoms with van der Waals surface area (Å²) in [5, 5.41) is 11.0. The van der Waals surface area contributed by atoms with Crippen molar-refractivity contribution in [3.63, 3.8) is 0 Å². The second-order valence-corrected chi connectivity index (χ2v) is 9.72. The molecule has 9 heteroatoms. The highest BCUT2D eigenvalue weighted by molar-refractivity contribution is 7.89. The van der Waals surface area contributed by atoms with Crippen LogP contribution < -0.4 is 0 Å². The van der Waals surface area contributed by atoms with Gasteiger partial charge in [-0.2, -0.15) is 4.31 Å². The number of piperazine rings is 1. The van der Waals surface area contributed by atoms with Crippen LogP contribution in [0.4, 0.5) is 4.39 Å². The predicted octanol–water partition coefficient (Wildman–Crippen LogP) is 2.92. The lowest BCUT2D eigenvalue weighted by Gasteiger charge is -2.35. The third kappa shape index (κ3) is 6.00. The van der Waals surface area contributed by atoms with Gasteiger partial charge in [0.1, 0.15) is 5.82 Å². The Kier molecular flexibility index (Phi) is 7.84. The van der Waals surface area contributed by atoms with Crippen LogP contribution in [0.25, 0.3) is 0 Å². The largest absolute Gasteiger partial charge is 0.389 e. The quantitative estimate of drug-likeness (QED) is 0.661. The van der Waals surface area contributed by atoms with Crippen LogP contribution in [0, 0.1) is 5.82 Å². The highest BCUT2D eigenvalue weighted by atomic mass is 35.5. The lowest BCUT2D eigenvalue weighted by molar-refractivity contribution is -0.0186. The van der Waals surface area contributed by atoms with Gasteiger partial charge in [-0.15, -0.1) is 0 Å². The molecule has 0 aromatic heterocycles. The first-order valence-corrected chi connectivity index (χ1v) is 11.6. The van der Waals surface area contributed by atoms with Gasteiger partial charge < -0.3 is 9.84 Å². The summed E-state index contributed by atoms with van der Waals surface area (Å²) in [4.78, 5) is 1.96. The van der Waals surface area contributed by atoms with Crippen molar-refractivity contribution in [2.24, 2.45) is 0 Å². The molecule has 1 N–H and O–H groups in total. The minimum atomic E-state index is -3.72. The fraction of sp³-hybridized carbons (Fsp3) is 0.429. The molecule has 2 atom stereocenters. The molecule has 1 saturated heterocycles. The van der Waals surface area contributed by atoms with Gasteiger partial charge in [-0.1, -0.05) is 29.8 Å². The molecule has 6 nitrogen and oxygen atoms in total. The summed E-state index contributed by atoms with van der Waals surface area (Å²) in [7, 11) is -3.72. The van der Waals surface area contributed by atoms with Gasteiger partial charge >= 0.3 is 0 Å². The highest BCUT2D eigenvalue weighted by Crippen LogP contribution is 2.20. The normalized spacial score (nSPS) is 18.3. The zero-order chi connectivity index (χ0) is 21.7. The minimum absolute atomic E-state index is 0.0411. The number of hydrogen-bond donors (Lipinski definition) is 1. The molecule has 0 aliphatic carbocycles. The van der Waals surface area contributed by atoms with E-state index in [0.29, 0.717) is 24.7 Å². The molecule has 0 unspecified atom stereocenters. The van der Waals surface area contributed by atoms with E-state index in [4.69, 9.17) is 16.3 Å². The molecule has 0 saturated carbocycles.